The molecule has 1 amide bonds. The summed E-state index contributed by atoms with van der Waals surface area (Å²) in [5.41, 5.74) is 11.1. The van der Waals surface area contributed by atoms with Crippen molar-refractivity contribution in [1.82, 2.24) is 16.2 Å². The molecular weight excluding hydrogens is 464 g/mol. The van der Waals surface area contributed by atoms with Gasteiger partial charge in [-0.25, -0.2) is 15.8 Å². The Bertz CT molecular complexity index is 1360. The number of amides is 1. The molecule has 37 heavy (non-hydrogen) atoms. The summed E-state index contributed by atoms with van der Waals surface area (Å²) in [5, 5.41) is 12.0. The van der Waals surface area contributed by atoms with Gasteiger partial charge >= 0.3 is 0 Å². The van der Waals surface area contributed by atoms with Crippen LogP contribution in [0.4, 0.5) is 0 Å². The van der Waals surface area contributed by atoms with Crippen LogP contribution in [-0.2, 0) is 4.79 Å². The number of benzene rings is 3. The smallest absolute Gasteiger partial charge is 0.271 e. The average Bonchev–Trinajstić information content (AvgIpc) is 2.95. The SMILES string of the molecule is COc1ccc(C2N=C(N/N=C(\C)c3ccccc3)NC(C)=C2C(=O)N/N=C(\C)c2ccccc2)cc1. The van der Waals surface area contributed by atoms with Crippen molar-refractivity contribution in [3.63, 3.8) is 0 Å². The van der Waals surface area contributed by atoms with Gasteiger partial charge in [-0.3, -0.25) is 4.79 Å². The highest BCUT2D eigenvalue weighted by Gasteiger charge is 2.29. The molecule has 1 unspecified atom stereocenters. The molecule has 4 rings (SSSR count). The molecule has 188 valence electrons. The molecule has 3 N–H and O–H groups in total. The molecule has 1 atom stereocenters. The fourth-order valence-corrected chi connectivity index (χ4v) is 3.87. The summed E-state index contributed by atoms with van der Waals surface area (Å²) in [6.07, 6.45) is 0. The first-order valence-electron chi connectivity index (χ1n) is 11.9. The van der Waals surface area contributed by atoms with E-state index in [1.807, 2.05) is 106 Å². The van der Waals surface area contributed by atoms with Crippen molar-refractivity contribution >= 4 is 23.3 Å². The Hall–Kier alpha value is -4.72. The van der Waals surface area contributed by atoms with Crippen LogP contribution in [-0.4, -0.2) is 30.4 Å². The number of aliphatic imine (C=N–C) groups is 1. The Morgan fingerprint density at radius 1 is 0.865 bits per heavy atom. The van der Waals surface area contributed by atoms with Gasteiger partial charge in [0.25, 0.3) is 5.91 Å². The van der Waals surface area contributed by atoms with Crippen molar-refractivity contribution in [3.05, 3.63) is 113 Å². The third-order valence-electron chi connectivity index (χ3n) is 5.96. The predicted octanol–water partition coefficient (Wildman–Crippen LogP) is 4.52. The maximum Gasteiger partial charge on any atom is 0.271 e. The number of guanidine groups is 1. The first-order chi connectivity index (χ1) is 18.0. The highest BCUT2D eigenvalue weighted by Crippen LogP contribution is 2.31. The number of hydrogen-bond acceptors (Lipinski definition) is 7. The van der Waals surface area contributed by atoms with Gasteiger partial charge in [-0.15, -0.1) is 0 Å². The number of allylic oxidation sites excluding steroid dienone is 1. The van der Waals surface area contributed by atoms with Gasteiger partial charge in [0.2, 0.25) is 5.96 Å². The third kappa shape index (κ3) is 6.29. The van der Waals surface area contributed by atoms with Crippen LogP contribution in [0, 0.1) is 0 Å². The molecule has 8 heteroatoms. The molecule has 0 aromatic heterocycles. The minimum Gasteiger partial charge on any atom is -0.497 e. The number of carbonyl (C=O) groups excluding carboxylic acids is 1. The Labute approximate surface area is 216 Å². The highest BCUT2D eigenvalue weighted by atomic mass is 16.5. The lowest BCUT2D eigenvalue weighted by atomic mass is 9.96. The number of ether oxygens (including phenoxy) is 1. The molecule has 0 radical (unpaired) electrons. The summed E-state index contributed by atoms with van der Waals surface area (Å²) < 4.78 is 5.30. The summed E-state index contributed by atoms with van der Waals surface area (Å²) in [4.78, 5) is 18.1. The van der Waals surface area contributed by atoms with Crippen LogP contribution in [0.2, 0.25) is 0 Å². The zero-order chi connectivity index (χ0) is 26.2. The molecule has 8 nitrogen and oxygen atoms in total. The first-order valence-corrected chi connectivity index (χ1v) is 11.9. The van der Waals surface area contributed by atoms with E-state index in [1.54, 1.807) is 7.11 Å². The van der Waals surface area contributed by atoms with Gasteiger partial charge in [0.05, 0.1) is 24.1 Å². The predicted molar refractivity (Wildman–Crippen MR) is 148 cm³/mol. The molecule has 0 bridgehead atoms. The third-order valence-corrected chi connectivity index (χ3v) is 5.96. The lowest BCUT2D eigenvalue weighted by Crippen LogP contribution is -2.40. The van der Waals surface area contributed by atoms with Gasteiger partial charge in [0, 0.05) is 5.70 Å². The van der Waals surface area contributed by atoms with Crippen LogP contribution < -0.4 is 20.9 Å². The Morgan fingerprint density at radius 3 is 2.00 bits per heavy atom. The van der Waals surface area contributed by atoms with Crippen LogP contribution in [0.25, 0.3) is 0 Å². The van der Waals surface area contributed by atoms with Crippen molar-refractivity contribution in [2.24, 2.45) is 15.2 Å². The van der Waals surface area contributed by atoms with E-state index >= 15 is 0 Å². The number of hydrogen-bond donors (Lipinski definition) is 3. The molecule has 3 aromatic carbocycles. The van der Waals surface area contributed by atoms with Crippen LogP contribution in [0.3, 0.4) is 0 Å². The van der Waals surface area contributed by atoms with Crippen LogP contribution >= 0.6 is 0 Å². The fraction of sp³-hybridized carbons (Fsp3) is 0.172. The molecule has 0 aliphatic carbocycles. The summed E-state index contributed by atoms with van der Waals surface area (Å²) in [6, 6.07) is 26.5. The number of nitrogens with zero attached hydrogens (tertiary/aromatic N) is 3. The Morgan fingerprint density at radius 2 is 1.43 bits per heavy atom. The standard InChI is InChI=1S/C29H30N6O2/c1-19(22-11-7-5-8-12-22)32-34-28(36)26-21(3)30-29(35-33-20(2)23-13-9-6-10-14-23)31-27(26)24-15-17-25(37-4)18-16-24/h5-18,27H,1-4H3,(H,34,36)(H2,30,31,35)/b32-19+,33-20+. The Kier molecular flexibility index (Phi) is 8.10. The lowest BCUT2D eigenvalue weighted by molar-refractivity contribution is -0.117. The van der Waals surface area contributed by atoms with Crippen molar-refractivity contribution in [2.75, 3.05) is 7.11 Å². The molecule has 3 aromatic rings. The summed E-state index contributed by atoms with van der Waals surface area (Å²) in [6.45, 7) is 5.61. The van der Waals surface area contributed by atoms with Crippen molar-refractivity contribution < 1.29 is 9.53 Å². The fourth-order valence-electron chi connectivity index (χ4n) is 3.87. The van der Waals surface area contributed by atoms with Gasteiger partial charge in [-0.1, -0.05) is 72.8 Å². The first kappa shape index (κ1) is 25.4. The van der Waals surface area contributed by atoms with Crippen molar-refractivity contribution in [1.29, 1.82) is 0 Å². The molecule has 1 aliphatic heterocycles. The maximum absolute atomic E-state index is 13.4. The van der Waals surface area contributed by atoms with Crippen molar-refractivity contribution in [2.45, 2.75) is 26.8 Å². The quantitative estimate of drug-likeness (QED) is 0.332. The monoisotopic (exact) mass is 494 g/mol. The molecule has 0 spiro atoms. The second-order valence-corrected chi connectivity index (χ2v) is 8.50. The van der Waals surface area contributed by atoms with Gasteiger partial charge in [0.15, 0.2) is 0 Å². The van der Waals surface area contributed by atoms with Gasteiger partial charge < -0.3 is 10.1 Å². The Balaban J connectivity index is 1.61. The number of rotatable bonds is 7. The molecule has 0 fully saturated rings. The number of nitrogens with one attached hydrogen (secondary N) is 3. The van der Waals surface area contributed by atoms with Gasteiger partial charge in [-0.2, -0.15) is 10.2 Å². The van der Waals surface area contributed by atoms with Crippen LogP contribution in [0.5, 0.6) is 5.75 Å². The second-order valence-electron chi connectivity index (χ2n) is 8.50. The van der Waals surface area contributed by atoms with Crippen LogP contribution in [0.1, 0.15) is 43.5 Å². The number of hydrazone groups is 2. The zero-order valence-corrected chi connectivity index (χ0v) is 21.3. The summed E-state index contributed by atoms with van der Waals surface area (Å²) in [7, 11) is 1.61. The highest BCUT2D eigenvalue weighted by molar-refractivity contribution is 6.02. The van der Waals surface area contributed by atoms with E-state index in [0.717, 1.165) is 28.2 Å². The molecule has 1 aliphatic rings. The topological polar surface area (TPSA) is 99.5 Å². The van der Waals surface area contributed by atoms with E-state index in [9.17, 15) is 4.79 Å². The zero-order valence-electron chi connectivity index (χ0n) is 21.3. The molecule has 0 saturated heterocycles. The average molecular weight is 495 g/mol. The van der Waals surface area contributed by atoms with E-state index in [-0.39, 0.29) is 5.91 Å². The van der Waals surface area contributed by atoms with E-state index in [4.69, 9.17) is 9.73 Å². The normalized spacial score (nSPS) is 16.0. The second kappa shape index (κ2) is 11.8. The summed E-state index contributed by atoms with van der Waals surface area (Å²) >= 11 is 0. The van der Waals surface area contributed by atoms with E-state index in [2.05, 4.69) is 26.4 Å². The molecule has 0 saturated carbocycles. The lowest BCUT2D eigenvalue weighted by Gasteiger charge is -2.26. The molecular formula is C29H30N6O2. The summed E-state index contributed by atoms with van der Waals surface area (Å²) in [5.74, 6) is 0.819. The van der Waals surface area contributed by atoms with Gasteiger partial charge in [-0.05, 0) is 49.6 Å². The van der Waals surface area contributed by atoms with Crippen molar-refractivity contribution in [3.8, 4) is 5.75 Å². The minimum atomic E-state index is -0.575. The van der Waals surface area contributed by atoms with E-state index < -0.39 is 6.04 Å². The number of carbonyl (C=O) groups is 1. The van der Waals surface area contributed by atoms with E-state index in [0.29, 0.717) is 22.9 Å². The largest absolute Gasteiger partial charge is 0.497 e. The maximum atomic E-state index is 13.4. The van der Waals surface area contributed by atoms with E-state index in [1.165, 1.54) is 0 Å². The molecule has 1 heterocycles. The minimum absolute atomic E-state index is 0.340. The number of methoxy groups -OCH3 is 1. The van der Waals surface area contributed by atoms with Gasteiger partial charge in [0.1, 0.15) is 11.8 Å². The van der Waals surface area contributed by atoms with Crippen LogP contribution in [0.15, 0.2) is 111 Å².